The standard InChI is InChI=1S/C28H27N3O/c1-19-15-16-25-27(20(19)2)31(26-14-7-6-13-24(26)28(25)32)18-23-12-8-11-22(30-23)17-29-21-9-4-3-5-10-21/h3-16,22,29-30H,17-18H2,1-2H3. The minimum absolute atomic E-state index is 0.102. The molecule has 5 rings (SSSR count). The lowest BCUT2D eigenvalue weighted by atomic mass is 10.0. The zero-order chi connectivity index (χ0) is 22.1. The van der Waals surface area contributed by atoms with Crippen molar-refractivity contribution in [2.24, 2.45) is 0 Å². The molecule has 2 heterocycles. The molecule has 1 unspecified atom stereocenters. The Balaban J connectivity index is 1.50. The number of dihydropyridines is 1. The number of aromatic nitrogens is 1. The highest BCUT2D eigenvalue weighted by Gasteiger charge is 2.16. The molecule has 0 saturated heterocycles. The largest absolute Gasteiger partial charge is 0.383 e. The van der Waals surface area contributed by atoms with Gasteiger partial charge in [0.1, 0.15) is 0 Å². The zero-order valence-corrected chi connectivity index (χ0v) is 18.4. The Bertz CT molecular complexity index is 1410. The van der Waals surface area contributed by atoms with E-state index in [2.05, 4.69) is 59.4 Å². The van der Waals surface area contributed by atoms with Crippen LogP contribution in [0.1, 0.15) is 11.1 Å². The summed E-state index contributed by atoms with van der Waals surface area (Å²) in [5.41, 5.74) is 6.67. The summed E-state index contributed by atoms with van der Waals surface area (Å²) >= 11 is 0. The SMILES string of the molecule is Cc1ccc2c(=O)c3ccccc3n(CC3=CC=CC(CNc4ccccc4)N3)c2c1C. The van der Waals surface area contributed by atoms with E-state index in [9.17, 15) is 4.79 Å². The second-order valence-electron chi connectivity index (χ2n) is 8.41. The van der Waals surface area contributed by atoms with Crippen LogP contribution in [0.3, 0.4) is 0 Å². The second kappa shape index (κ2) is 8.39. The Morgan fingerprint density at radius 2 is 1.72 bits per heavy atom. The minimum atomic E-state index is 0.102. The number of rotatable bonds is 5. The van der Waals surface area contributed by atoms with Gasteiger partial charge in [0.05, 0.1) is 23.6 Å². The topological polar surface area (TPSA) is 46.1 Å². The molecule has 4 aromatic rings. The Kier molecular flexibility index (Phi) is 5.28. The van der Waals surface area contributed by atoms with Gasteiger partial charge in [-0.1, -0.05) is 48.6 Å². The molecular weight excluding hydrogens is 394 g/mol. The molecule has 1 atom stereocenters. The molecule has 0 spiro atoms. The monoisotopic (exact) mass is 421 g/mol. The zero-order valence-electron chi connectivity index (χ0n) is 18.4. The lowest BCUT2D eigenvalue weighted by molar-refractivity contribution is 0.637. The van der Waals surface area contributed by atoms with E-state index in [0.717, 1.165) is 45.3 Å². The van der Waals surface area contributed by atoms with Gasteiger partial charge in [-0.3, -0.25) is 4.79 Å². The van der Waals surface area contributed by atoms with Crippen LogP contribution in [0.5, 0.6) is 0 Å². The second-order valence-corrected chi connectivity index (χ2v) is 8.41. The van der Waals surface area contributed by atoms with Gasteiger partial charge in [-0.05, 0) is 61.4 Å². The third-order valence-corrected chi connectivity index (χ3v) is 6.30. The van der Waals surface area contributed by atoms with Crippen molar-refractivity contribution >= 4 is 27.5 Å². The van der Waals surface area contributed by atoms with Gasteiger partial charge in [-0.25, -0.2) is 0 Å². The lowest BCUT2D eigenvalue weighted by Gasteiger charge is -2.25. The van der Waals surface area contributed by atoms with E-state index in [0.29, 0.717) is 6.54 Å². The van der Waals surface area contributed by atoms with Crippen molar-refractivity contribution < 1.29 is 0 Å². The maximum atomic E-state index is 13.2. The third kappa shape index (κ3) is 3.69. The fourth-order valence-corrected chi connectivity index (χ4v) is 4.47. The van der Waals surface area contributed by atoms with Crippen molar-refractivity contribution in [1.29, 1.82) is 0 Å². The number of anilines is 1. The molecule has 4 heteroatoms. The molecule has 0 fully saturated rings. The molecule has 0 saturated carbocycles. The predicted octanol–water partition coefficient (Wildman–Crippen LogP) is 5.30. The molecule has 32 heavy (non-hydrogen) atoms. The van der Waals surface area contributed by atoms with Crippen molar-refractivity contribution in [3.8, 4) is 0 Å². The molecule has 4 nitrogen and oxygen atoms in total. The molecule has 0 bridgehead atoms. The van der Waals surface area contributed by atoms with Crippen LogP contribution in [-0.4, -0.2) is 17.2 Å². The van der Waals surface area contributed by atoms with Crippen LogP contribution in [-0.2, 0) is 6.54 Å². The summed E-state index contributed by atoms with van der Waals surface area (Å²) in [6.45, 7) is 5.68. The maximum Gasteiger partial charge on any atom is 0.197 e. The van der Waals surface area contributed by atoms with Crippen molar-refractivity contribution in [2.75, 3.05) is 11.9 Å². The Labute approximate surface area is 187 Å². The quantitative estimate of drug-likeness (QED) is 0.430. The van der Waals surface area contributed by atoms with Crippen molar-refractivity contribution in [1.82, 2.24) is 9.88 Å². The highest BCUT2D eigenvalue weighted by Crippen LogP contribution is 2.25. The van der Waals surface area contributed by atoms with Gasteiger partial charge >= 0.3 is 0 Å². The van der Waals surface area contributed by atoms with Crippen LogP contribution >= 0.6 is 0 Å². The molecule has 3 aromatic carbocycles. The average molecular weight is 422 g/mol. The molecule has 0 radical (unpaired) electrons. The number of aryl methyl sites for hydroxylation is 2. The fourth-order valence-electron chi connectivity index (χ4n) is 4.47. The van der Waals surface area contributed by atoms with E-state index in [1.807, 2.05) is 54.6 Å². The summed E-state index contributed by atoms with van der Waals surface area (Å²) in [5.74, 6) is 0. The van der Waals surface area contributed by atoms with Crippen LogP contribution in [0, 0.1) is 13.8 Å². The first-order chi connectivity index (χ1) is 15.6. The Hall–Kier alpha value is -3.79. The number of benzene rings is 3. The van der Waals surface area contributed by atoms with Gasteiger partial charge in [0.15, 0.2) is 5.43 Å². The highest BCUT2D eigenvalue weighted by atomic mass is 16.1. The molecule has 0 aliphatic carbocycles. The highest BCUT2D eigenvalue weighted by molar-refractivity contribution is 5.95. The van der Waals surface area contributed by atoms with Crippen LogP contribution in [0.25, 0.3) is 21.8 Å². The summed E-state index contributed by atoms with van der Waals surface area (Å²) in [6, 6.07) is 22.4. The Morgan fingerprint density at radius 3 is 2.56 bits per heavy atom. The van der Waals surface area contributed by atoms with Gasteiger partial charge in [0.2, 0.25) is 0 Å². The number of hydrogen-bond donors (Lipinski definition) is 2. The number of nitrogens with zero attached hydrogens (tertiary/aromatic N) is 1. The van der Waals surface area contributed by atoms with Crippen LogP contribution in [0.15, 0.2) is 95.4 Å². The first kappa shape index (κ1) is 20.1. The van der Waals surface area contributed by atoms with Crippen LogP contribution in [0.4, 0.5) is 5.69 Å². The summed E-state index contributed by atoms with van der Waals surface area (Å²) < 4.78 is 2.29. The van der Waals surface area contributed by atoms with Gasteiger partial charge in [-0.15, -0.1) is 0 Å². The molecule has 0 amide bonds. The first-order valence-electron chi connectivity index (χ1n) is 11.1. The summed E-state index contributed by atoms with van der Waals surface area (Å²) in [4.78, 5) is 13.2. The van der Waals surface area contributed by atoms with Crippen LogP contribution < -0.4 is 16.1 Å². The lowest BCUT2D eigenvalue weighted by Crippen LogP contribution is -2.36. The van der Waals surface area contributed by atoms with Crippen LogP contribution in [0.2, 0.25) is 0 Å². The number of para-hydroxylation sites is 2. The normalized spacial score (nSPS) is 15.6. The van der Waals surface area contributed by atoms with Crippen molar-refractivity contribution in [3.05, 3.63) is 112 Å². The number of fused-ring (bicyclic) bond motifs is 2. The van der Waals surface area contributed by atoms with E-state index in [-0.39, 0.29) is 11.5 Å². The van der Waals surface area contributed by atoms with Crippen molar-refractivity contribution in [3.63, 3.8) is 0 Å². The summed E-state index contributed by atoms with van der Waals surface area (Å²) in [7, 11) is 0. The summed E-state index contributed by atoms with van der Waals surface area (Å²) in [6.07, 6.45) is 6.42. The average Bonchev–Trinajstić information content (AvgIpc) is 2.83. The van der Waals surface area contributed by atoms with E-state index < -0.39 is 0 Å². The fraction of sp³-hybridized carbons (Fsp3) is 0.179. The molecular formula is C28H27N3O. The smallest absolute Gasteiger partial charge is 0.197 e. The summed E-state index contributed by atoms with van der Waals surface area (Å²) in [5, 5.41) is 8.70. The molecule has 160 valence electrons. The van der Waals surface area contributed by atoms with E-state index >= 15 is 0 Å². The van der Waals surface area contributed by atoms with E-state index in [1.54, 1.807) is 0 Å². The van der Waals surface area contributed by atoms with Crippen molar-refractivity contribution in [2.45, 2.75) is 26.4 Å². The Morgan fingerprint density at radius 1 is 0.938 bits per heavy atom. The van der Waals surface area contributed by atoms with Gasteiger partial charge in [-0.2, -0.15) is 0 Å². The minimum Gasteiger partial charge on any atom is -0.383 e. The number of hydrogen-bond acceptors (Lipinski definition) is 3. The number of pyridine rings is 1. The van der Waals surface area contributed by atoms with E-state index in [1.165, 1.54) is 5.56 Å². The molecule has 1 aliphatic rings. The van der Waals surface area contributed by atoms with Gasteiger partial charge in [0, 0.05) is 28.7 Å². The van der Waals surface area contributed by atoms with E-state index in [4.69, 9.17) is 0 Å². The molecule has 1 aromatic heterocycles. The number of nitrogens with one attached hydrogen (secondary N) is 2. The molecule has 2 N–H and O–H groups in total. The van der Waals surface area contributed by atoms with Gasteiger partial charge < -0.3 is 15.2 Å². The third-order valence-electron chi connectivity index (χ3n) is 6.30. The maximum absolute atomic E-state index is 13.2. The molecule has 1 aliphatic heterocycles. The number of allylic oxidation sites excluding steroid dienone is 3. The predicted molar refractivity (Wildman–Crippen MR) is 134 cm³/mol. The van der Waals surface area contributed by atoms with Gasteiger partial charge in [0.25, 0.3) is 0 Å². The first-order valence-corrected chi connectivity index (χ1v) is 11.1.